The Hall–Kier alpha value is -1.67. The van der Waals surface area contributed by atoms with Gasteiger partial charge in [-0.15, -0.1) is 5.10 Å². The molecule has 8 heteroatoms. The fraction of sp³-hybridized carbons (Fsp3) is 0.700. The molecule has 0 radical (unpaired) electrons. The molecule has 2 heterocycles. The first-order chi connectivity index (χ1) is 8.58. The third kappa shape index (κ3) is 2.96. The van der Waals surface area contributed by atoms with E-state index >= 15 is 0 Å². The van der Waals surface area contributed by atoms with Crippen LogP contribution in [0.5, 0.6) is 0 Å². The average molecular weight is 255 g/mol. The molecule has 1 aromatic rings. The van der Waals surface area contributed by atoms with E-state index in [1.54, 1.807) is 4.90 Å². The average Bonchev–Trinajstić information content (AvgIpc) is 2.73. The van der Waals surface area contributed by atoms with Crippen LogP contribution in [0, 0.1) is 0 Å². The van der Waals surface area contributed by atoms with Crippen LogP contribution in [0.15, 0.2) is 6.33 Å². The summed E-state index contributed by atoms with van der Waals surface area (Å²) in [7, 11) is 0. The van der Waals surface area contributed by atoms with Crippen molar-refractivity contribution < 1.29 is 14.6 Å². The number of rotatable bonds is 3. The summed E-state index contributed by atoms with van der Waals surface area (Å²) in [5.74, 6) is 0.0554. The molecule has 0 saturated carbocycles. The van der Waals surface area contributed by atoms with Gasteiger partial charge in [0.2, 0.25) is 11.9 Å². The zero-order valence-electron chi connectivity index (χ0n) is 10.2. The molecule has 2 rings (SSSR count). The van der Waals surface area contributed by atoms with E-state index in [2.05, 4.69) is 10.1 Å². The second kappa shape index (κ2) is 5.32. The number of aromatic nitrogens is 3. The predicted octanol–water partition coefficient (Wildman–Crippen LogP) is -1.53. The fourth-order valence-electron chi connectivity index (χ4n) is 1.97. The van der Waals surface area contributed by atoms with Crippen molar-refractivity contribution in [2.45, 2.75) is 25.7 Å². The van der Waals surface area contributed by atoms with E-state index in [1.165, 1.54) is 11.0 Å². The summed E-state index contributed by atoms with van der Waals surface area (Å²) in [5, 5.41) is 13.0. The molecule has 0 bridgehead atoms. The number of aliphatic hydroxyl groups excluding tert-OH is 1. The number of hydrogen-bond acceptors (Lipinski definition) is 6. The van der Waals surface area contributed by atoms with Gasteiger partial charge in [-0.2, -0.15) is 0 Å². The summed E-state index contributed by atoms with van der Waals surface area (Å²) >= 11 is 0. The molecule has 0 aromatic carbocycles. The van der Waals surface area contributed by atoms with Gasteiger partial charge >= 0.3 is 0 Å². The van der Waals surface area contributed by atoms with Gasteiger partial charge < -0.3 is 20.5 Å². The van der Waals surface area contributed by atoms with Crippen LogP contribution < -0.4 is 5.73 Å². The summed E-state index contributed by atoms with van der Waals surface area (Å²) in [6.07, 6.45) is 1.01. The molecular formula is C10H17N5O3. The second-order valence-corrected chi connectivity index (χ2v) is 4.35. The monoisotopic (exact) mass is 255 g/mol. The third-order valence-corrected chi connectivity index (χ3v) is 2.73. The molecule has 1 saturated heterocycles. The highest BCUT2D eigenvalue weighted by atomic mass is 16.5. The second-order valence-electron chi connectivity index (χ2n) is 4.35. The number of anilines is 1. The summed E-state index contributed by atoms with van der Waals surface area (Å²) in [4.78, 5) is 17.5. The molecule has 2 unspecified atom stereocenters. The lowest BCUT2D eigenvalue weighted by Crippen LogP contribution is -2.51. The minimum Gasteiger partial charge on any atom is -0.394 e. The van der Waals surface area contributed by atoms with Gasteiger partial charge in [-0.05, 0) is 6.92 Å². The van der Waals surface area contributed by atoms with E-state index < -0.39 is 0 Å². The molecule has 8 nitrogen and oxygen atoms in total. The van der Waals surface area contributed by atoms with Crippen LogP contribution in [0.1, 0.15) is 6.92 Å². The lowest BCUT2D eigenvalue weighted by molar-refractivity contribution is -0.147. The molecule has 1 aliphatic rings. The lowest BCUT2D eigenvalue weighted by atomic mass is 10.2. The highest BCUT2D eigenvalue weighted by Gasteiger charge is 2.28. The first-order valence-electron chi connectivity index (χ1n) is 5.77. The van der Waals surface area contributed by atoms with Crippen molar-refractivity contribution in [3.8, 4) is 0 Å². The smallest absolute Gasteiger partial charge is 0.244 e. The van der Waals surface area contributed by atoms with Gasteiger partial charge in [0.1, 0.15) is 12.9 Å². The SMILES string of the molecule is CC1CN(C(=O)Cn2cnc(N)n2)CC(CO)O1. The van der Waals surface area contributed by atoms with Crippen LogP contribution in [-0.4, -0.2) is 62.6 Å². The number of nitrogens with two attached hydrogens (primary N) is 1. The number of carbonyl (C=O) groups excluding carboxylic acids is 1. The predicted molar refractivity (Wildman–Crippen MR) is 62.4 cm³/mol. The van der Waals surface area contributed by atoms with Crippen molar-refractivity contribution in [2.24, 2.45) is 0 Å². The maximum atomic E-state index is 12.0. The Kier molecular flexibility index (Phi) is 3.78. The third-order valence-electron chi connectivity index (χ3n) is 2.73. The van der Waals surface area contributed by atoms with Gasteiger partial charge in [0, 0.05) is 13.1 Å². The number of nitrogens with zero attached hydrogens (tertiary/aromatic N) is 4. The van der Waals surface area contributed by atoms with Gasteiger partial charge in [0.25, 0.3) is 0 Å². The van der Waals surface area contributed by atoms with Gasteiger partial charge in [-0.3, -0.25) is 4.79 Å². The van der Waals surface area contributed by atoms with E-state index in [-0.39, 0.29) is 37.2 Å². The lowest BCUT2D eigenvalue weighted by Gasteiger charge is -2.36. The highest BCUT2D eigenvalue weighted by molar-refractivity contribution is 5.76. The number of carbonyl (C=O) groups is 1. The van der Waals surface area contributed by atoms with Gasteiger partial charge in [0.15, 0.2) is 0 Å². The van der Waals surface area contributed by atoms with E-state index in [9.17, 15) is 4.79 Å². The van der Waals surface area contributed by atoms with E-state index in [0.29, 0.717) is 13.1 Å². The first-order valence-corrected chi connectivity index (χ1v) is 5.77. The zero-order chi connectivity index (χ0) is 13.1. The fourth-order valence-corrected chi connectivity index (χ4v) is 1.97. The minimum absolute atomic E-state index is 0.0827. The van der Waals surface area contributed by atoms with Crippen LogP contribution in [0.4, 0.5) is 5.95 Å². The van der Waals surface area contributed by atoms with Crippen molar-refractivity contribution in [3.05, 3.63) is 6.33 Å². The number of aliphatic hydroxyl groups is 1. The summed E-state index contributed by atoms with van der Waals surface area (Å²) in [6.45, 7) is 2.78. The van der Waals surface area contributed by atoms with Crippen molar-refractivity contribution in [3.63, 3.8) is 0 Å². The van der Waals surface area contributed by atoms with Gasteiger partial charge in [-0.1, -0.05) is 0 Å². The molecule has 18 heavy (non-hydrogen) atoms. The molecule has 0 spiro atoms. The molecule has 3 N–H and O–H groups in total. The summed E-state index contributed by atoms with van der Waals surface area (Å²) < 4.78 is 6.87. The van der Waals surface area contributed by atoms with Crippen LogP contribution >= 0.6 is 0 Å². The minimum atomic E-state index is -0.321. The Balaban J connectivity index is 1.95. The summed E-state index contributed by atoms with van der Waals surface area (Å²) in [6, 6.07) is 0. The zero-order valence-corrected chi connectivity index (χ0v) is 10.2. The Morgan fingerprint density at radius 1 is 1.67 bits per heavy atom. The Morgan fingerprint density at radius 2 is 2.44 bits per heavy atom. The Labute approximate surface area is 104 Å². The molecule has 100 valence electrons. The summed E-state index contributed by atoms with van der Waals surface area (Å²) in [5.41, 5.74) is 5.38. The molecule has 1 aliphatic heterocycles. The molecule has 1 amide bonds. The highest BCUT2D eigenvalue weighted by Crippen LogP contribution is 2.11. The normalized spacial score (nSPS) is 24.2. The van der Waals surface area contributed by atoms with Crippen LogP contribution in [0.3, 0.4) is 0 Å². The maximum Gasteiger partial charge on any atom is 0.244 e. The number of hydrogen-bond donors (Lipinski definition) is 2. The molecule has 0 aliphatic carbocycles. The Morgan fingerprint density at radius 3 is 3.06 bits per heavy atom. The topological polar surface area (TPSA) is 107 Å². The van der Waals surface area contributed by atoms with Crippen LogP contribution in [0.25, 0.3) is 0 Å². The van der Waals surface area contributed by atoms with E-state index in [0.717, 1.165) is 0 Å². The first kappa shape index (κ1) is 12.8. The number of nitrogen functional groups attached to an aromatic ring is 1. The van der Waals surface area contributed by atoms with Crippen LogP contribution in [-0.2, 0) is 16.1 Å². The molecule has 1 aromatic heterocycles. The van der Waals surface area contributed by atoms with Crippen molar-refractivity contribution in [1.82, 2.24) is 19.7 Å². The van der Waals surface area contributed by atoms with Crippen molar-refractivity contribution in [2.75, 3.05) is 25.4 Å². The largest absolute Gasteiger partial charge is 0.394 e. The maximum absolute atomic E-state index is 12.0. The standard InChI is InChI=1S/C10H17N5O3/c1-7-2-14(3-8(5-16)18-7)9(17)4-15-6-12-10(11)13-15/h6-8,16H,2-5H2,1H3,(H2,11,13). The van der Waals surface area contributed by atoms with E-state index in [1.807, 2.05) is 6.92 Å². The molecular weight excluding hydrogens is 238 g/mol. The van der Waals surface area contributed by atoms with Crippen molar-refractivity contribution >= 4 is 11.9 Å². The van der Waals surface area contributed by atoms with Crippen LogP contribution in [0.2, 0.25) is 0 Å². The number of ether oxygens (including phenoxy) is 1. The molecule has 1 fully saturated rings. The quantitative estimate of drug-likeness (QED) is 0.678. The molecule has 2 atom stereocenters. The number of morpholine rings is 1. The van der Waals surface area contributed by atoms with E-state index in [4.69, 9.17) is 15.6 Å². The number of amides is 1. The Bertz CT molecular complexity index is 421. The van der Waals surface area contributed by atoms with Gasteiger partial charge in [-0.25, -0.2) is 9.67 Å². The van der Waals surface area contributed by atoms with Crippen molar-refractivity contribution in [1.29, 1.82) is 0 Å². The van der Waals surface area contributed by atoms with Gasteiger partial charge in [0.05, 0.1) is 18.8 Å².